The van der Waals surface area contributed by atoms with Crippen molar-refractivity contribution >= 4 is 11.3 Å². The Labute approximate surface area is 72.3 Å². The van der Waals surface area contributed by atoms with Crippen molar-refractivity contribution in [2.45, 2.75) is 33.1 Å². The van der Waals surface area contributed by atoms with Crippen LogP contribution in [0, 0.1) is 12.8 Å². The number of hydrogen-bond donors (Lipinski definition) is 0. The molecule has 0 saturated carbocycles. The van der Waals surface area contributed by atoms with Gasteiger partial charge in [0.05, 0.1) is 0 Å². The molecule has 1 aromatic heterocycles. The average molecular weight is 166 g/mol. The summed E-state index contributed by atoms with van der Waals surface area (Å²) in [5.74, 6) is 0.913. The van der Waals surface area contributed by atoms with Gasteiger partial charge < -0.3 is 0 Å². The predicted molar refractivity (Wildman–Crippen MR) is 50.2 cm³/mol. The monoisotopic (exact) mass is 166 g/mol. The molecule has 2 rings (SSSR count). The molecule has 0 fully saturated rings. The molecule has 0 N–H and O–H groups in total. The molecule has 1 aliphatic carbocycles. The van der Waals surface area contributed by atoms with Gasteiger partial charge in [-0.1, -0.05) is 6.92 Å². The predicted octanol–water partition coefficient (Wildman–Crippen LogP) is 3.18. The maximum absolute atomic E-state index is 2.36. The van der Waals surface area contributed by atoms with Crippen LogP contribution in [-0.4, -0.2) is 0 Å². The zero-order chi connectivity index (χ0) is 7.84. The van der Waals surface area contributed by atoms with Crippen LogP contribution in [0.5, 0.6) is 0 Å². The van der Waals surface area contributed by atoms with E-state index in [0.717, 1.165) is 5.92 Å². The van der Waals surface area contributed by atoms with E-state index in [2.05, 4.69) is 19.2 Å². The highest BCUT2D eigenvalue weighted by Crippen LogP contribution is 2.31. The van der Waals surface area contributed by atoms with Crippen molar-refractivity contribution in [3.05, 3.63) is 21.4 Å². The van der Waals surface area contributed by atoms with Crippen molar-refractivity contribution in [1.29, 1.82) is 0 Å². The van der Waals surface area contributed by atoms with Crippen LogP contribution in [0.25, 0.3) is 0 Å². The highest BCUT2D eigenvalue weighted by atomic mass is 32.1. The maximum Gasteiger partial charge on any atom is 0.00490 e. The summed E-state index contributed by atoms with van der Waals surface area (Å²) in [6, 6.07) is 0. The minimum absolute atomic E-state index is 0.913. The molecule has 1 heteroatoms. The molecular formula is C10H14S. The number of rotatable bonds is 0. The van der Waals surface area contributed by atoms with E-state index in [1.807, 2.05) is 11.3 Å². The molecule has 1 atom stereocenters. The van der Waals surface area contributed by atoms with Crippen molar-refractivity contribution in [2.75, 3.05) is 0 Å². The smallest absolute Gasteiger partial charge is 0.00490 e. The second-order valence-electron chi connectivity index (χ2n) is 3.64. The summed E-state index contributed by atoms with van der Waals surface area (Å²) in [4.78, 5) is 1.55. The third-order valence-corrected chi connectivity index (χ3v) is 3.65. The van der Waals surface area contributed by atoms with Gasteiger partial charge >= 0.3 is 0 Å². The summed E-state index contributed by atoms with van der Waals surface area (Å²) in [6.07, 6.45) is 4.04. The Balaban J connectivity index is 2.36. The fourth-order valence-corrected chi connectivity index (χ4v) is 2.84. The molecular weight excluding hydrogens is 152 g/mol. The minimum Gasteiger partial charge on any atom is -0.149 e. The first-order valence-corrected chi connectivity index (χ1v) is 5.21. The summed E-state index contributed by atoms with van der Waals surface area (Å²) in [6.45, 7) is 4.61. The van der Waals surface area contributed by atoms with Crippen LogP contribution in [0.15, 0.2) is 5.38 Å². The Morgan fingerprint density at radius 3 is 3.18 bits per heavy atom. The fourth-order valence-electron chi connectivity index (χ4n) is 1.90. The van der Waals surface area contributed by atoms with Crippen molar-refractivity contribution in [1.82, 2.24) is 0 Å². The quantitative estimate of drug-likeness (QED) is 0.555. The SMILES string of the molecule is Cc1scc2c1CCC(C)C2. The third-order valence-electron chi connectivity index (χ3n) is 2.65. The minimum atomic E-state index is 0.913. The van der Waals surface area contributed by atoms with E-state index in [-0.39, 0.29) is 0 Å². The van der Waals surface area contributed by atoms with Gasteiger partial charge in [-0.3, -0.25) is 0 Å². The van der Waals surface area contributed by atoms with E-state index in [1.54, 1.807) is 16.0 Å². The lowest BCUT2D eigenvalue weighted by atomic mass is 9.87. The van der Waals surface area contributed by atoms with Crippen molar-refractivity contribution in [3.8, 4) is 0 Å². The Morgan fingerprint density at radius 1 is 1.55 bits per heavy atom. The van der Waals surface area contributed by atoms with Gasteiger partial charge in [-0.2, -0.15) is 0 Å². The zero-order valence-electron chi connectivity index (χ0n) is 7.18. The summed E-state index contributed by atoms with van der Waals surface area (Å²) in [7, 11) is 0. The lowest BCUT2D eigenvalue weighted by Gasteiger charge is -2.18. The lowest BCUT2D eigenvalue weighted by molar-refractivity contribution is 0.502. The first-order valence-electron chi connectivity index (χ1n) is 4.33. The lowest BCUT2D eigenvalue weighted by Crippen LogP contribution is -2.09. The van der Waals surface area contributed by atoms with Crippen LogP contribution in [0.4, 0.5) is 0 Å². The molecule has 60 valence electrons. The van der Waals surface area contributed by atoms with Crippen molar-refractivity contribution < 1.29 is 0 Å². The average Bonchev–Trinajstić information content (AvgIpc) is 2.32. The van der Waals surface area contributed by atoms with E-state index in [0.29, 0.717) is 0 Å². The summed E-state index contributed by atoms with van der Waals surface area (Å²) in [5, 5.41) is 2.35. The van der Waals surface area contributed by atoms with Gasteiger partial charge in [-0.05, 0) is 48.6 Å². The molecule has 1 aliphatic rings. The molecule has 1 aromatic rings. The van der Waals surface area contributed by atoms with E-state index in [9.17, 15) is 0 Å². The standard InChI is InChI=1S/C10H14S/c1-7-3-4-10-8(2)11-6-9(10)5-7/h6-7H,3-5H2,1-2H3. The van der Waals surface area contributed by atoms with Gasteiger partial charge in [0.25, 0.3) is 0 Å². The van der Waals surface area contributed by atoms with Crippen LogP contribution >= 0.6 is 11.3 Å². The molecule has 0 nitrogen and oxygen atoms in total. The van der Waals surface area contributed by atoms with Crippen LogP contribution in [-0.2, 0) is 12.8 Å². The van der Waals surface area contributed by atoms with Crippen molar-refractivity contribution in [3.63, 3.8) is 0 Å². The summed E-state index contributed by atoms with van der Waals surface area (Å²) < 4.78 is 0. The Morgan fingerprint density at radius 2 is 2.36 bits per heavy atom. The molecule has 11 heavy (non-hydrogen) atoms. The maximum atomic E-state index is 2.36. The normalized spacial score (nSPS) is 23.3. The molecule has 0 aromatic carbocycles. The van der Waals surface area contributed by atoms with Gasteiger partial charge in [0.15, 0.2) is 0 Å². The van der Waals surface area contributed by atoms with Gasteiger partial charge in [-0.15, -0.1) is 11.3 Å². The molecule has 1 heterocycles. The Bertz CT molecular complexity index is 260. The molecule has 0 saturated heterocycles. The van der Waals surface area contributed by atoms with E-state index in [1.165, 1.54) is 19.3 Å². The first kappa shape index (κ1) is 7.35. The number of hydrogen-bond acceptors (Lipinski definition) is 1. The highest BCUT2D eigenvalue weighted by molar-refractivity contribution is 7.10. The van der Waals surface area contributed by atoms with Crippen LogP contribution < -0.4 is 0 Å². The highest BCUT2D eigenvalue weighted by Gasteiger charge is 2.17. The molecule has 0 radical (unpaired) electrons. The molecule has 0 amide bonds. The van der Waals surface area contributed by atoms with Crippen LogP contribution in [0.2, 0.25) is 0 Å². The molecule has 0 spiro atoms. The molecule has 0 aliphatic heterocycles. The number of aryl methyl sites for hydroxylation is 1. The van der Waals surface area contributed by atoms with Gasteiger partial charge in [0, 0.05) is 4.88 Å². The van der Waals surface area contributed by atoms with Crippen LogP contribution in [0.1, 0.15) is 29.3 Å². The number of thiophene rings is 1. The molecule has 0 bridgehead atoms. The summed E-state index contributed by atoms with van der Waals surface area (Å²) >= 11 is 1.92. The zero-order valence-corrected chi connectivity index (χ0v) is 8.00. The van der Waals surface area contributed by atoms with E-state index < -0.39 is 0 Å². The Kier molecular flexibility index (Phi) is 1.76. The van der Waals surface area contributed by atoms with Gasteiger partial charge in [-0.25, -0.2) is 0 Å². The van der Waals surface area contributed by atoms with Crippen LogP contribution in [0.3, 0.4) is 0 Å². The fraction of sp³-hybridized carbons (Fsp3) is 0.600. The largest absolute Gasteiger partial charge is 0.149 e. The molecule has 1 unspecified atom stereocenters. The topological polar surface area (TPSA) is 0 Å². The third kappa shape index (κ3) is 1.22. The van der Waals surface area contributed by atoms with Crippen molar-refractivity contribution in [2.24, 2.45) is 5.92 Å². The Hall–Kier alpha value is -0.300. The van der Waals surface area contributed by atoms with Gasteiger partial charge in [0.2, 0.25) is 0 Å². The second kappa shape index (κ2) is 2.63. The number of fused-ring (bicyclic) bond motifs is 1. The first-order chi connectivity index (χ1) is 5.27. The van der Waals surface area contributed by atoms with E-state index in [4.69, 9.17) is 0 Å². The summed E-state index contributed by atoms with van der Waals surface area (Å²) in [5.41, 5.74) is 3.29. The van der Waals surface area contributed by atoms with E-state index >= 15 is 0 Å². The second-order valence-corrected chi connectivity index (χ2v) is 4.73. The van der Waals surface area contributed by atoms with Gasteiger partial charge in [0.1, 0.15) is 0 Å².